The van der Waals surface area contributed by atoms with Gasteiger partial charge in [-0.2, -0.15) is 13.2 Å². The second-order valence-electron chi connectivity index (χ2n) is 7.35. The summed E-state index contributed by atoms with van der Waals surface area (Å²) in [6, 6.07) is 11.1. The molecular weight excluding hydrogens is 425 g/mol. The van der Waals surface area contributed by atoms with Crippen LogP contribution in [0.4, 0.5) is 13.2 Å². The number of hydrogen-bond donors (Lipinski definition) is 0. The van der Waals surface area contributed by atoms with Crippen molar-refractivity contribution in [3.8, 4) is 0 Å². The molecule has 0 unspecified atom stereocenters. The maximum atomic E-state index is 13.8. The highest BCUT2D eigenvalue weighted by molar-refractivity contribution is 7.99. The van der Waals surface area contributed by atoms with Crippen molar-refractivity contribution in [2.75, 3.05) is 26.2 Å². The fourth-order valence-electron chi connectivity index (χ4n) is 3.36. The average molecular weight is 449 g/mol. The molecule has 0 radical (unpaired) electrons. The van der Waals surface area contributed by atoms with E-state index in [0.29, 0.717) is 26.2 Å². The van der Waals surface area contributed by atoms with E-state index in [-0.39, 0.29) is 21.9 Å². The Bertz CT molecular complexity index is 1010. The van der Waals surface area contributed by atoms with E-state index in [9.17, 15) is 22.8 Å². The summed E-state index contributed by atoms with van der Waals surface area (Å²) in [6.07, 6.45) is -4.57. The van der Waals surface area contributed by atoms with Gasteiger partial charge in [0.25, 0.3) is 5.91 Å². The lowest BCUT2D eigenvalue weighted by Crippen LogP contribution is -2.50. The van der Waals surface area contributed by atoms with Gasteiger partial charge in [-0.25, -0.2) is 0 Å². The van der Waals surface area contributed by atoms with Crippen LogP contribution in [-0.2, 0) is 15.8 Å². The molecule has 4 nitrogen and oxygen atoms in total. The summed E-state index contributed by atoms with van der Waals surface area (Å²) in [5.74, 6) is -0.488. The summed E-state index contributed by atoms with van der Waals surface area (Å²) >= 11 is 1.05. The third kappa shape index (κ3) is 5.31. The monoisotopic (exact) mass is 448 g/mol. The molecule has 1 heterocycles. The molecule has 0 spiro atoms. The Hall–Kier alpha value is -2.74. The lowest BCUT2D eigenvalue weighted by molar-refractivity contribution is -0.139. The van der Waals surface area contributed by atoms with Gasteiger partial charge in [-0.05, 0) is 36.2 Å². The van der Waals surface area contributed by atoms with Crippen LogP contribution in [0.3, 0.4) is 0 Å². The van der Waals surface area contributed by atoms with E-state index in [1.165, 1.54) is 24.0 Å². The van der Waals surface area contributed by atoms with Crippen molar-refractivity contribution in [1.29, 1.82) is 0 Å². The van der Waals surface area contributed by atoms with Gasteiger partial charge in [0.2, 0.25) is 5.91 Å². The minimum atomic E-state index is -4.57. The Labute approximate surface area is 183 Å². The van der Waals surface area contributed by atoms with Gasteiger partial charge in [-0.1, -0.05) is 42.6 Å². The van der Waals surface area contributed by atoms with Gasteiger partial charge in [0.1, 0.15) is 0 Å². The molecule has 1 aliphatic heterocycles. The molecule has 1 saturated heterocycles. The molecule has 0 bridgehead atoms. The standard InChI is InChI=1S/C23H23F3N2O2S/c1-15-6-4-5-7-20(15)31-21-9-8-18(14-19(21)23(24,25)26)16(2)22(30)28-12-10-27(11-13-28)17(3)29/h4-9,14H,2,10-13H2,1,3H3. The predicted octanol–water partition coefficient (Wildman–Crippen LogP) is 4.87. The Kier molecular flexibility index (Phi) is 6.79. The first-order chi connectivity index (χ1) is 14.6. The summed E-state index contributed by atoms with van der Waals surface area (Å²) in [4.78, 5) is 28.2. The summed E-state index contributed by atoms with van der Waals surface area (Å²) < 4.78 is 41.4. The Morgan fingerprint density at radius 1 is 0.968 bits per heavy atom. The van der Waals surface area contributed by atoms with Gasteiger partial charge in [0, 0.05) is 48.5 Å². The normalized spacial score (nSPS) is 14.5. The van der Waals surface area contributed by atoms with Gasteiger partial charge in [-0.15, -0.1) is 0 Å². The van der Waals surface area contributed by atoms with E-state index in [2.05, 4.69) is 6.58 Å². The number of carbonyl (C=O) groups excluding carboxylic acids is 2. The van der Waals surface area contributed by atoms with Gasteiger partial charge in [-0.3, -0.25) is 9.59 Å². The minimum Gasteiger partial charge on any atom is -0.339 e. The summed E-state index contributed by atoms with van der Waals surface area (Å²) in [5, 5.41) is 0. The number of halogens is 3. The van der Waals surface area contributed by atoms with Gasteiger partial charge in [0.15, 0.2) is 0 Å². The average Bonchev–Trinajstić information content (AvgIpc) is 2.74. The van der Waals surface area contributed by atoms with Crippen molar-refractivity contribution in [2.45, 2.75) is 29.8 Å². The van der Waals surface area contributed by atoms with Crippen molar-refractivity contribution < 1.29 is 22.8 Å². The van der Waals surface area contributed by atoms with E-state index in [0.717, 1.165) is 28.3 Å². The molecule has 0 atom stereocenters. The molecule has 0 saturated carbocycles. The zero-order chi connectivity index (χ0) is 22.8. The van der Waals surface area contributed by atoms with E-state index < -0.39 is 17.6 Å². The predicted molar refractivity (Wildman–Crippen MR) is 115 cm³/mol. The van der Waals surface area contributed by atoms with Gasteiger partial charge < -0.3 is 9.80 Å². The summed E-state index contributed by atoms with van der Waals surface area (Å²) in [7, 11) is 0. The number of benzene rings is 2. The number of alkyl halides is 3. The SMILES string of the molecule is C=C(C(=O)N1CCN(C(C)=O)CC1)c1ccc(Sc2ccccc2C)c(C(F)(F)F)c1. The Balaban J connectivity index is 1.83. The van der Waals surface area contributed by atoms with Crippen LogP contribution in [0.5, 0.6) is 0 Å². The molecule has 2 amide bonds. The fraction of sp³-hybridized carbons (Fsp3) is 0.304. The Morgan fingerprint density at radius 2 is 1.58 bits per heavy atom. The van der Waals surface area contributed by atoms with Crippen molar-refractivity contribution >= 4 is 29.1 Å². The topological polar surface area (TPSA) is 40.6 Å². The van der Waals surface area contributed by atoms with Crippen molar-refractivity contribution in [3.63, 3.8) is 0 Å². The van der Waals surface area contributed by atoms with Gasteiger partial charge in [0.05, 0.1) is 5.56 Å². The van der Waals surface area contributed by atoms with Crippen LogP contribution in [-0.4, -0.2) is 47.8 Å². The lowest BCUT2D eigenvalue weighted by Gasteiger charge is -2.34. The lowest BCUT2D eigenvalue weighted by atomic mass is 10.0. The van der Waals surface area contributed by atoms with Crippen molar-refractivity contribution in [1.82, 2.24) is 9.80 Å². The first-order valence-corrected chi connectivity index (χ1v) is 10.6. The zero-order valence-electron chi connectivity index (χ0n) is 17.3. The molecule has 0 N–H and O–H groups in total. The fourth-order valence-corrected chi connectivity index (χ4v) is 4.39. The second-order valence-corrected chi connectivity index (χ2v) is 8.44. The third-order valence-corrected chi connectivity index (χ3v) is 6.47. The summed E-state index contributed by atoms with van der Waals surface area (Å²) in [6.45, 7) is 8.51. The highest BCUT2D eigenvalue weighted by Gasteiger charge is 2.35. The number of amides is 2. The number of aryl methyl sites for hydroxylation is 1. The van der Waals surface area contributed by atoms with Crippen molar-refractivity contribution in [2.24, 2.45) is 0 Å². The van der Waals surface area contributed by atoms with Crippen LogP contribution in [0.15, 0.2) is 58.8 Å². The second kappa shape index (κ2) is 9.18. The molecule has 2 aromatic rings. The molecule has 1 fully saturated rings. The molecular formula is C23H23F3N2O2S. The van der Waals surface area contributed by atoms with Crippen LogP contribution in [0.1, 0.15) is 23.6 Å². The van der Waals surface area contributed by atoms with Crippen molar-refractivity contribution in [3.05, 3.63) is 65.7 Å². The first-order valence-electron chi connectivity index (χ1n) is 9.76. The highest BCUT2D eigenvalue weighted by Crippen LogP contribution is 2.41. The zero-order valence-corrected chi connectivity index (χ0v) is 18.1. The number of carbonyl (C=O) groups is 2. The number of hydrogen-bond acceptors (Lipinski definition) is 3. The van der Waals surface area contributed by atoms with Crippen LogP contribution >= 0.6 is 11.8 Å². The van der Waals surface area contributed by atoms with E-state index >= 15 is 0 Å². The number of piperazine rings is 1. The maximum absolute atomic E-state index is 13.8. The number of rotatable bonds is 4. The molecule has 0 aliphatic carbocycles. The smallest absolute Gasteiger partial charge is 0.339 e. The van der Waals surface area contributed by atoms with Gasteiger partial charge >= 0.3 is 6.18 Å². The molecule has 1 aliphatic rings. The molecule has 3 rings (SSSR count). The molecule has 2 aromatic carbocycles. The minimum absolute atomic E-state index is 0.00853. The van der Waals surface area contributed by atoms with Crippen LogP contribution < -0.4 is 0 Å². The van der Waals surface area contributed by atoms with Crippen LogP contribution in [0.25, 0.3) is 5.57 Å². The third-order valence-electron chi connectivity index (χ3n) is 5.22. The Morgan fingerprint density at radius 3 is 2.16 bits per heavy atom. The molecule has 8 heteroatoms. The highest BCUT2D eigenvalue weighted by atomic mass is 32.2. The van der Waals surface area contributed by atoms with E-state index in [1.54, 1.807) is 17.0 Å². The summed E-state index contributed by atoms with van der Waals surface area (Å²) in [5.41, 5.74) is 0.234. The van der Waals surface area contributed by atoms with E-state index in [4.69, 9.17) is 0 Å². The quantitative estimate of drug-likeness (QED) is 0.627. The molecule has 31 heavy (non-hydrogen) atoms. The van der Waals surface area contributed by atoms with Crippen LogP contribution in [0, 0.1) is 6.92 Å². The molecule has 164 valence electrons. The molecule has 0 aromatic heterocycles. The van der Waals surface area contributed by atoms with E-state index in [1.807, 2.05) is 19.1 Å². The first kappa shape index (κ1) is 22.9. The maximum Gasteiger partial charge on any atom is 0.417 e. The van der Waals surface area contributed by atoms with Crippen LogP contribution in [0.2, 0.25) is 0 Å². The number of nitrogens with zero attached hydrogens (tertiary/aromatic N) is 2. The largest absolute Gasteiger partial charge is 0.417 e.